The maximum absolute atomic E-state index is 11.7. The second-order valence-corrected chi connectivity index (χ2v) is 5.52. The van der Waals surface area contributed by atoms with E-state index in [-0.39, 0.29) is 12.6 Å². The summed E-state index contributed by atoms with van der Waals surface area (Å²) in [5, 5.41) is 0. The molecule has 0 aromatic heterocycles. The van der Waals surface area contributed by atoms with Gasteiger partial charge < -0.3 is 4.74 Å². The van der Waals surface area contributed by atoms with Gasteiger partial charge in [0.2, 0.25) is 0 Å². The molecule has 0 aliphatic rings. The lowest BCUT2D eigenvalue weighted by molar-refractivity contribution is -0.119. The molecule has 0 unspecified atom stereocenters. The van der Waals surface area contributed by atoms with Crippen molar-refractivity contribution >= 4 is 11.8 Å². The van der Waals surface area contributed by atoms with Crippen molar-refractivity contribution in [2.24, 2.45) is 0 Å². The van der Waals surface area contributed by atoms with Crippen molar-refractivity contribution < 1.29 is 14.3 Å². The van der Waals surface area contributed by atoms with E-state index in [4.69, 9.17) is 4.74 Å². The number of carbonyl (C=O) groups excluding carboxylic acids is 2. The zero-order valence-corrected chi connectivity index (χ0v) is 15.6. The second-order valence-electron chi connectivity index (χ2n) is 5.52. The minimum absolute atomic E-state index is 0.168. The summed E-state index contributed by atoms with van der Waals surface area (Å²) >= 11 is 0. The maximum atomic E-state index is 11.7. The van der Waals surface area contributed by atoms with Crippen LogP contribution in [0.4, 0.5) is 0 Å². The summed E-state index contributed by atoms with van der Waals surface area (Å²) in [7, 11) is 0. The predicted octanol–water partition coefficient (Wildman–Crippen LogP) is 4.67. The smallest absolute Gasteiger partial charge is 0.338 e. The molecule has 0 saturated carbocycles. The second kappa shape index (κ2) is 15.0. The molecule has 0 heterocycles. The van der Waals surface area contributed by atoms with Crippen molar-refractivity contribution in [2.75, 3.05) is 6.61 Å². The molecule has 0 atom stereocenters. The molecule has 1 aromatic carbocycles. The number of carbonyl (C=O) groups is 2. The molecule has 0 spiro atoms. The lowest BCUT2D eigenvalue weighted by Gasteiger charge is -2.00. The number of ketones is 1. The van der Waals surface area contributed by atoms with Crippen LogP contribution in [-0.2, 0) is 9.53 Å². The molecule has 0 fully saturated rings. The molecule has 0 amide bonds. The van der Waals surface area contributed by atoms with E-state index in [1.54, 1.807) is 42.5 Å². The Bertz CT molecular complexity index is 791. The van der Waals surface area contributed by atoms with Gasteiger partial charge >= 0.3 is 5.97 Å². The van der Waals surface area contributed by atoms with Crippen LogP contribution >= 0.6 is 0 Å². The van der Waals surface area contributed by atoms with Gasteiger partial charge in [-0.2, -0.15) is 0 Å². The highest BCUT2D eigenvalue weighted by Crippen LogP contribution is 2.01. The average Bonchev–Trinajstić information content (AvgIpc) is 2.69. The van der Waals surface area contributed by atoms with E-state index in [2.05, 4.69) is 23.7 Å². The van der Waals surface area contributed by atoms with Gasteiger partial charge in [-0.25, -0.2) is 4.79 Å². The maximum Gasteiger partial charge on any atom is 0.338 e. The minimum Gasteiger partial charge on any atom is -0.458 e. The summed E-state index contributed by atoms with van der Waals surface area (Å²) < 4.78 is 5.08. The van der Waals surface area contributed by atoms with Gasteiger partial charge in [-0.05, 0) is 55.0 Å². The Morgan fingerprint density at radius 1 is 0.963 bits per heavy atom. The van der Waals surface area contributed by atoms with Gasteiger partial charge in [-0.1, -0.05) is 55.2 Å². The van der Waals surface area contributed by atoms with E-state index in [1.807, 2.05) is 31.2 Å². The van der Waals surface area contributed by atoms with Crippen LogP contribution in [0, 0.1) is 23.7 Å². The molecule has 0 radical (unpaired) electrons. The van der Waals surface area contributed by atoms with Gasteiger partial charge in [0, 0.05) is 12.8 Å². The number of esters is 1. The highest BCUT2D eigenvalue weighted by molar-refractivity contribution is 5.89. The van der Waals surface area contributed by atoms with Crippen LogP contribution in [0.1, 0.15) is 43.0 Å². The third-order valence-electron chi connectivity index (χ3n) is 3.27. The third-order valence-corrected chi connectivity index (χ3v) is 3.27. The lowest BCUT2D eigenvalue weighted by atomic mass is 10.1. The summed E-state index contributed by atoms with van der Waals surface area (Å²) in [5.74, 6) is 10.9. The number of Topliss-reactive ketones (excluding diaryl/α,β-unsaturated/α-hetero) is 1. The number of hydrogen-bond donors (Lipinski definition) is 0. The molecule has 0 N–H and O–H groups in total. The van der Waals surface area contributed by atoms with Gasteiger partial charge in [0.1, 0.15) is 12.4 Å². The van der Waals surface area contributed by atoms with E-state index < -0.39 is 0 Å². The van der Waals surface area contributed by atoms with Crippen LogP contribution in [0.2, 0.25) is 0 Å². The summed E-state index contributed by atoms with van der Waals surface area (Å²) in [5.41, 5.74) is 0.524. The normalized spacial score (nSPS) is 10.4. The van der Waals surface area contributed by atoms with Crippen molar-refractivity contribution in [3.8, 4) is 23.7 Å². The van der Waals surface area contributed by atoms with Gasteiger partial charge in [0.15, 0.2) is 0 Å². The average molecular weight is 360 g/mol. The number of hydrogen-bond acceptors (Lipinski definition) is 3. The Kier molecular flexibility index (Phi) is 12.1. The molecular formula is C24H24O3. The van der Waals surface area contributed by atoms with E-state index in [1.165, 1.54) is 0 Å². The molecule has 138 valence electrons. The summed E-state index contributed by atoms with van der Waals surface area (Å²) in [6.07, 6.45) is 13.5. The monoisotopic (exact) mass is 360 g/mol. The molecule has 0 saturated heterocycles. The first-order valence-electron chi connectivity index (χ1n) is 8.95. The number of benzene rings is 1. The lowest BCUT2D eigenvalue weighted by Crippen LogP contribution is -2.04. The van der Waals surface area contributed by atoms with E-state index >= 15 is 0 Å². The summed E-state index contributed by atoms with van der Waals surface area (Å²) in [4.78, 5) is 23.0. The molecule has 1 aromatic rings. The fourth-order valence-electron chi connectivity index (χ4n) is 1.97. The molecule has 27 heavy (non-hydrogen) atoms. The van der Waals surface area contributed by atoms with Crippen LogP contribution in [0.15, 0.2) is 66.8 Å². The Morgan fingerprint density at radius 3 is 2.44 bits per heavy atom. The molecule has 3 nitrogen and oxygen atoms in total. The fraction of sp³-hybridized carbons (Fsp3) is 0.250. The van der Waals surface area contributed by atoms with Gasteiger partial charge in [-0.3, -0.25) is 4.79 Å². The van der Waals surface area contributed by atoms with Crippen LogP contribution < -0.4 is 0 Å². The zero-order chi connectivity index (χ0) is 19.6. The SMILES string of the molecule is CCCC(=O)CC/C=C/C=C/C#CC#C/C=C/COC(=O)c1ccccc1. The predicted molar refractivity (Wildman–Crippen MR) is 109 cm³/mol. The minimum atomic E-state index is -0.360. The van der Waals surface area contributed by atoms with Crippen LogP contribution in [0.25, 0.3) is 0 Å². The van der Waals surface area contributed by atoms with Crippen molar-refractivity contribution in [3.63, 3.8) is 0 Å². The van der Waals surface area contributed by atoms with Crippen LogP contribution in [0.3, 0.4) is 0 Å². The standard InChI is InChI=1S/C24H24O3/c1-2-17-23(25)20-15-10-8-6-4-3-5-7-9-11-16-21-27-24(26)22-18-13-12-14-19-22/h4,6,8,10-14,16,18-19H,2,15,17,20-21H2,1H3/b6-4+,10-8+,16-11+. The highest BCUT2D eigenvalue weighted by Gasteiger charge is 2.03. The van der Waals surface area contributed by atoms with Crippen molar-refractivity contribution in [3.05, 3.63) is 72.4 Å². The molecule has 1 rings (SSSR count). The van der Waals surface area contributed by atoms with Gasteiger partial charge in [-0.15, -0.1) is 0 Å². The third kappa shape index (κ3) is 11.8. The van der Waals surface area contributed by atoms with E-state index in [9.17, 15) is 9.59 Å². The van der Waals surface area contributed by atoms with Crippen molar-refractivity contribution in [2.45, 2.75) is 32.6 Å². The number of rotatable bonds is 9. The topological polar surface area (TPSA) is 43.4 Å². The first-order valence-corrected chi connectivity index (χ1v) is 8.95. The van der Waals surface area contributed by atoms with Gasteiger partial charge in [0.25, 0.3) is 0 Å². The van der Waals surface area contributed by atoms with Crippen LogP contribution in [-0.4, -0.2) is 18.4 Å². The van der Waals surface area contributed by atoms with Crippen LogP contribution in [0.5, 0.6) is 0 Å². The van der Waals surface area contributed by atoms with Crippen molar-refractivity contribution in [1.82, 2.24) is 0 Å². The first-order chi connectivity index (χ1) is 13.2. The van der Waals surface area contributed by atoms with Crippen molar-refractivity contribution in [1.29, 1.82) is 0 Å². The number of allylic oxidation sites excluding steroid dienone is 5. The Balaban J connectivity index is 2.18. The molecule has 0 aliphatic carbocycles. The quantitative estimate of drug-likeness (QED) is 0.365. The van der Waals surface area contributed by atoms with E-state index in [0.29, 0.717) is 24.2 Å². The molecular weight excluding hydrogens is 336 g/mol. The molecule has 0 bridgehead atoms. The zero-order valence-electron chi connectivity index (χ0n) is 15.6. The first kappa shape index (κ1) is 21.7. The summed E-state index contributed by atoms with van der Waals surface area (Å²) in [6.45, 7) is 2.18. The Morgan fingerprint density at radius 2 is 1.70 bits per heavy atom. The number of ether oxygens (including phenoxy) is 1. The van der Waals surface area contributed by atoms with E-state index in [0.717, 1.165) is 12.8 Å². The summed E-state index contributed by atoms with van der Waals surface area (Å²) in [6, 6.07) is 8.83. The van der Waals surface area contributed by atoms with Gasteiger partial charge in [0.05, 0.1) is 5.56 Å². The molecule has 0 aliphatic heterocycles. The molecule has 3 heteroatoms. The Labute approximate surface area is 161 Å². The fourth-order valence-corrected chi connectivity index (χ4v) is 1.97. The Hall–Kier alpha value is -3.30. The largest absolute Gasteiger partial charge is 0.458 e. The highest BCUT2D eigenvalue weighted by atomic mass is 16.5.